The van der Waals surface area contributed by atoms with Gasteiger partial charge in [0.15, 0.2) is 0 Å². The van der Waals surface area contributed by atoms with E-state index in [-0.39, 0.29) is 23.6 Å². The highest BCUT2D eigenvalue weighted by Gasteiger charge is 2.39. The van der Waals surface area contributed by atoms with Gasteiger partial charge in [-0.05, 0) is 51.4 Å². The van der Waals surface area contributed by atoms with Crippen molar-refractivity contribution in [2.45, 2.75) is 94.8 Å². The standard InChI is InChI=1S/C21H35ClO7/c1-14(29-21(27)28)7-6-8-15(23)11-12-17-16(18(22)13-19(17)24)9-4-2-3-5-10-20(25)26/h11-12,14-19,23-24H,2-10,13H2,1H3,(H,25,26)(H,27,28)/t14-,15+,16-,17-,18-,19-/m1/s1. The molecule has 1 saturated carbocycles. The maximum atomic E-state index is 10.5. The second kappa shape index (κ2) is 13.8. The Labute approximate surface area is 177 Å². The first-order valence-corrected chi connectivity index (χ1v) is 10.9. The third-order valence-electron chi connectivity index (χ3n) is 5.52. The van der Waals surface area contributed by atoms with Crippen molar-refractivity contribution in [1.29, 1.82) is 0 Å². The van der Waals surface area contributed by atoms with Crippen LogP contribution >= 0.6 is 11.6 Å². The van der Waals surface area contributed by atoms with Crippen molar-refractivity contribution in [2.24, 2.45) is 11.8 Å². The second-order valence-electron chi connectivity index (χ2n) is 7.98. The number of aliphatic carboxylic acids is 1. The molecule has 7 nitrogen and oxygen atoms in total. The third kappa shape index (κ3) is 10.9. The van der Waals surface area contributed by atoms with E-state index < -0.39 is 30.4 Å². The summed E-state index contributed by atoms with van der Waals surface area (Å²) in [6.45, 7) is 1.68. The van der Waals surface area contributed by atoms with Gasteiger partial charge in [0.05, 0.1) is 12.2 Å². The van der Waals surface area contributed by atoms with Crippen LogP contribution in [0.1, 0.15) is 71.1 Å². The van der Waals surface area contributed by atoms with Gasteiger partial charge in [-0.1, -0.05) is 31.4 Å². The molecule has 0 aliphatic heterocycles. The summed E-state index contributed by atoms with van der Waals surface area (Å²) < 4.78 is 4.63. The van der Waals surface area contributed by atoms with Crippen molar-refractivity contribution in [1.82, 2.24) is 0 Å². The van der Waals surface area contributed by atoms with E-state index >= 15 is 0 Å². The number of aliphatic hydroxyl groups excluding tert-OH is 2. The molecule has 4 N–H and O–H groups in total. The van der Waals surface area contributed by atoms with E-state index in [4.69, 9.17) is 21.8 Å². The third-order valence-corrected chi connectivity index (χ3v) is 6.02. The molecule has 0 aromatic heterocycles. The average molecular weight is 435 g/mol. The summed E-state index contributed by atoms with van der Waals surface area (Å²) in [6, 6.07) is 0. The first-order chi connectivity index (χ1) is 13.7. The molecule has 0 saturated heterocycles. The lowest BCUT2D eigenvalue weighted by Gasteiger charge is -2.21. The van der Waals surface area contributed by atoms with Crippen LogP contribution in [0.25, 0.3) is 0 Å². The molecule has 1 rings (SSSR count). The molecule has 0 heterocycles. The summed E-state index contributed by atoms with van der Waals surface area (Å²) in [7, 11) is 0. The van der Waals surface area contributed by atoms with E-state index in [1.165, 1.54) is 0 Å². The monoisotopic (exact) mass is 434 g/mol. The van der Waals surface area contributed by atoms with E-state index in [2.05, 4.69) is 4.74 Å². The fourth-order valence-electron chi connectivity index (χ4n) is 3.94. The lowest BCUT2D eigenvalue weighted by Crippen LogP contribution is -2.19. The highest BCUT2D eigenvalue weighted by Crippen LogP contribution is 2.40. The molecule has 168 valence electrons. The minimum Gasteiger partial charge on any atom is -0.481 e. The van der Waals surface area contributed by atoms with Crippen molar-refractivity contribution in [2.75, 3.05) is 0 Å². The zero-order valence-electron chi connectivity index (χ0n) is 17.1. The van der Waals surface area contributed by atoms with Crippen molar-refractivity contribution >= 4 is 23.7 Å². The van der Waals surface area contributed by atoms with Gasteiger partial charge in [0.1, 0.15) is 6.10 Å². The molecule has 0 bridgehead atoms. The fraction of sp³-hybridized carbons (Fsp3) is 0.810. The molecule has 1 aliphatic carbocycles. The SMILES string of the molecule is C[C@H](CCC[C@H](O)C=C[C@@H]1[C@@H](CCCCCCC(=O)O)[C@H](Cl)C[C@H]1O)OC(=O)O. The number of carbonyl (C=O) groups is 2. The largest absolute Gasteiger partial charge is 0.506 e. The van der Waals surface area contributed by atoms with Gasteiger partial charge in [-0.3, -0.25) is 4.79 Å². The van der Waals surface area contributed by atoms with Crippen LogP contribution in [0.2, 0.25) is 0 Å². The second-order valence-corrected chi connectivity index (χ2v) is 8.54. The molecular formula is C21H35ClO7. The van der Waals surface area contributed by atoms with Crippen LogP contribution in [0.3, 0.4) is 0 Å². The number of carboxylic acid groups (broad SMARTS) is 2. The van der Waals surface area contributed by atoms with E-state index in [0.29, 0.717) is 32.1 Å². The molecule has 29 heavy (non-hydrogen) atoms. The number of carboxylic acids is 1. The number of aliphatic hydroxyl groups is 2. The molecule has 8 heteroatoms. The zero-order valence-corrected chi connectivity index (χ0v) is 17.8. The van der Waals surface area contributed by atoms with Crippen LogP contribution in [-0.2, 0) is 9.53 Å². The first-order valence-electron chi connectivity index (χ1n) is 10.5. The van der Waals surface area contributed by atoms with Crippen LogP contribution in [0.5, 0.6) is 0 Å². The summed E-state index contributed by atoms with van der Waals surface area (Å²) in [6.07, 6.45) is 7.37. The van der Waals surface area contributed by atoms with Gasteiger partial charge < -0.3 is 25.2 Å². The van der Waals surface area contributed by atoms with Crippen LogP contribution < -0.4 is 0 Å². The van der Waals surface area contributed by atoms with E-state index in [0.717, 1.165) is 25.7 Å². The molecular weight excluding hydrogens is 400 g/mol. The lowest BCUT2D eigenvalue weighted by atomic mass is 9.88. The molecule has 6 atom stereocenters. The molecule has 0 spiro atoms. The predicted octanol–water partition coefficient (Wildman–Crippen LogP) is 4.19. The lowest BCUT2D eigenvalue weighted by molar-refractivity contribution is -0.137. The Morgan fingerprint density at radius 1 is 1.14 bits per heavy atom. The Hall–Kier alpha value is -1.31. The number of alkyl halides is 1. The summed E-state index contributed by atoms with van der Waals surface area (Å²) >= 11 is 6.43. The van der Waals surface area contributed by atoms with Gasteiger partial charge in [-0.25, -0.2) is 4.79 Å². The highest BCUT2D eigenvalue weighted by molar-refractivity contribution is 6.21. The molecule has 0 amide bonds. The quantitative estimate of drug-likeness (QED) is 0.140. The summed E-state index contributed by atoms with van der Waals surface area (Å²) in [5, 5.41) is 37.6. The normalized spacial score (nSPS) is 26.5. The van der Waals surface area contributed by atoms with Crippen LogP contribution in [-0.4, -0.2) is 56.2 Å². The number of ether oxygens (including phenoxy) is 1. The minimum atomic E-state index is -1.29. The van der Waals surface area contributed by atoms with E-state index in [9.17, 15) is 19.8 Å². The van der Waals surface area contributed by atoms with E-state index in [1.807, 2.05) is 6.08 Å². The van der Waals surface area contributed by atoms with Gasteiger partial charge in [0, 0.05) is 17.7 Å². The van der Waals surface area contributed by atoms with Gasteiger partial charge in [0.2, 0.25) is 0 Å². The average Bonchev–Trinajstić information content (AvgIpc) is 2.88. The number of halogens is 1. The molecule has 0 radical (unpaired) electrons. The Morgan fingerprint density at radius 2 is 1.83 bits per heavy atom. The molecule has 0 aromatic rings. The first kappa shape index (κ1) is 25.7. The molecule has 0 aromatic carbocycles. The van der Waals surface area contributed by atoms with Crippen molar-refractivity contribution in [3.8, 4) is 0 Å². The number of unbranched alkanes of at least 4 members (excludes halogenated alkanes) is 3. The Kier molecular flexibility index (Phi) is 12.3. The van der Waals surface area contributed by atoms with Gasteiger partial charge in [0.25, 0.3) is 0 Å². The van der Waals surface area contributed by atoms with E-state index in [1.54, 1.807) is 13.0 Å². The zero-order chi connectivity index (χ0) is 21.8. The minimum absolute atomic E-state index is 0.0968. The number of hydrogen-bond donors (Lipinski definition) is 4. The molecule has 1 fully saturated rings. The topological polar surface area (TPSA) is 124 Å². The van der Waals surface area contributed by atoms with Gasteiger partial charge in [-0.15, -0.1) is 11.6 Å². The highest BCUT2D eigenvalue weighted by atomic mass is 35.5. The van der Waals surface area contributed by atoms with Gasteiger partial charge >= 0.3 is 12.1 Å². The maximum absolute atomic E-state index is 10.5. The summed E-state index contributed by atoms with van der Waals surface area (Å²) in [4.78, 5) is 21.0. The fourth-order valence-corrected chi connectivity index (χ4v) is 4.42. The van der Waals surface area contributed by atoms with Gasteiger partial charge in [-0.2, -0.15) is 0 Å². The van der Waals surface area contributed by atoms with Crippen LogP contribution in [0.4, 0.5) is 4.79 Å². The van der Waals surface area contributed by atoms with Crippen LogP contribution in [0.15, 0.2) is 12.2 Å². The van der Waals surface area contributed by atoms with Crippen molar-refractivity contribution in [3.63, 3.8) is 0 Å². The molecule has 1 aliphatic rings. The summed E-state index contributed by atoms with van der Waals surface area (Å²) in [5.74, 6) is -0.726. The Balaban J connectivity index is 2.37. The number of hydrogen-bond acceptors (Lipinski definition) is 5. The predicted molar refractivity (Wildman–Crippen MR) is 110 cm³/mol. The van der Waals surface area contributed by atoms with Crippen molar-refractivity contribution in [3.05, 3.63) is 12.2 Å². The van der Waals surface area contributed by atoms with Crippen molar-refractivity contribution < 1.29 is 34.8 Å². The molecule has 0 unspecified atom stereocenters. The summed E-state index contributed by atoms with van der Waals surface area (Å²) in [5.41, 5.74) is 0. The Morgan fingerprint density at radius 3 is 2.48 bits per heavy atom. The Bertz CT molecular complexity index is 525. The smallest absolute Gasteiger partial charge is 0.481 e. The maximum Gasteiger partial charge on any atom is 0.506 e. The van der Waals surface area contributed by atoms with Crippen LogP contribution in [0, 0.1) is 11.8 Å². The number of rotatable bonds is 14.